The van der Waals surface area contributed by atoms with Gasteiger partial charge in [-0.15, -0.1) is 0 Å². The second-order valence-electron chi connectivity index (χ2n) is 7.77. The monoisotopic (exact) mass is 374 g/mol. The number of carboxylic acid groups (broad SMARTS) is 1. The quantitative estimate of drug-likeness (QED) is 0.741. The van der Waals surface area contributed by atoms with Gasteiger partial charge in [0, 0.05) is 18.4 Å². The summed E-state index contributed by atoms with van der Waals surface area (Å²) in [4.78, 5) is 27.0. The lowest BCUT2D eigenvalue weighted by Crippen LogP contribution is -2.47. The fraction of sp³-hybridized carbons (Fsp3) is 0.304. The summed E-state index contributed by atoms with van der Waals surface area (Å²) in [7, 11) is 0. The van der Waals surface area contributed by atoms with Crippen LogP contribution in [0.1, 0.15) is 11.1 Å². The summed E-state index contributed by atoms with van der Waals surface area (Å²) in [5.41, 5.74) is 1.19. The highest BCUT2D eigenvalue weighted by Crippen LogP contribution is 2.55. The van der Waals surface area contributed by atoms with Gasteiger partial charge < -0.3 is 19.5 Å². The minimum absolute atomic E-state index is 0.161. The Labute approximate surface area is 163 Å². The van der Waals surface area contributed by atoms with Crippen LogP contribution in [0.3, 0.4) is 0 Å². The summed E-state index contributed by atoms with van der Waals surface area (Å²) in [6.07, 6.45) is 3.72. The average molecular weight is 374 g/mol. The molecule has 2 saturated heterocycles. The van der Waals surface area contributed by atoms with Crippen molar-refractivity contribution in [1.82, 2.24) is 4.90 Å². The van der Waals surface area contributed by atoms with E-state index in [4.69, 9.17) is 4.74 Å². The van der Waals surface area contributed by atoms with E-state index in [0.29, 0.717) is 13.0 Å². The van der Waals surface area contributed by atoms with Gasteiger partial charge in [-0.3, -0.25) is 4.79 Å². The first kappa shape index (κ1) is 17.2. The van der Waals surface area contributed by atoms with Gasteiger partial charge >= 0.3 is 0 Å². The highest BCUT2D eigenvalue weighted by molar-refractivity contribution is 5.91. The molecule has 5 nitrogen and oxygen atoms in total. The average Bonchev–Trinajstić information content (AvgIpc) is 3.34. The Balaban J connectivity index is 1.56. The van der Waals surface area contributed by atoms with Crippen molar-refractivity contribution in [3.8, 4) is 0 Å². The van der Waals surface area contributed by atoms with Gasteiger partial charge in [0.1, 0.15) is 5.60 Å². The molecule has 3 heterocycles. The summed E-state index contributed by atoms with van der Waals surface area (Å²) < 4.78 is 6.19. The number of aliphatic carboxylic acids is 1. The summed E-state index contributed by atoms with van der Waals surface area (Å²) >= 11 is 0. The molecule has 0 radical (unpaired) electrons. The predicted molar refractivity (Wildman–Crippen MR) is 99.7 cm³/mol. The number of hydrogen-bond donors (Lipinski definition) is 0. The molecule has 1 amide bonds. The van der Waals surface area contributed by atoms with Crippen molar-refractivity contribution in [2.45, 2.75) is 30.7 Å². The van der Waals surface area contributed by atoms with Gasteiger partial charge in [0.15, 0.2) is 0 Å². The zero-order valence-electron chi connectivity index (χ0n) is 15.2. The molecule has 0 aromatic heterocycles. The first-order valence-corrected chi connectivity index (χ1v) is 9.56. The molecule has 28 heavy (non-hydrogen) atoms. The van der Waals surface area contributed by atoms with E-state index in [1.165, 1.54) is 0 Å². The Bertz CT molecular complexity index is 942. The minimum Gasteiger partial charge on any atom is -0.550 e. The SMILES string of the molecule is O=C([O-])[C@@H]1[C@H]2C(=O)N(Cc3ccccc3)[C@@H](Cc3ccccc3)[C@]23C=C[C@H]1O3. The van der Waals surface area contributed by atoms with Crippen LogP contribution in [0.2, 0.25) is 0 Å². The highest BCUT2D eigenvalue weighted by Gasteiger charge is 2.69. The predicted octanol–water partition coefficient (Wildman–Crippen LogP) is 1.33. The molecule has 142 valence electrons. The molecule has 3 aliphatic rings. The fourth-order valence-electron chi connectivity index (χ4n) is 5.06. The highest BCUT2D eigenvalue weighted by atomic mass is 16.5. The molecule has 3 aliphatic heterocycles. The Morgan fingerprint density at radius 3 is 2.32 bits per heavy atom. The maximum atomic E-state index is 13.4. The first-order chi connectivity index (χ1) is 13.6. The second-order valence-corrected chi connectivity index (χ2v) is 7.77. The summed E-state index contributed by atoms with van der Waals surface area (Å²) in [5, 5.41) is 11.8. The molecule has 5 heteroatoms. The fourth-order valence-corrected chi connectivity index (χ4v) is 5.06. The van der Waals surface area contributed by atoms with Gasteiger partial charge in [-0.2, -0.15) is 0 Å². The molecular weight excluding hydrogens is 354 g/mol. The van der Waals surface area contributed by atoms with Gasteiger partial charge in [-0.05, 0) is 17.5 Å². The van der Waals surface area contributed by atoms with Gasteiger partial charge in [-0.1, -0.05) is 72.8 Å². The van der Waals surface area contributed by atoms with Gasteiger partial charge in [0.05, 0.1) is 18.1 Å². The number of benzene rings is 2. The van der Waals surface area contributed by atoms with E-state index < -0.39 is 29.5 Å². The summed E-state index contributed by atoms with van der Waals surface area (Å²) in [6.45, 7) is 0.428. The van der Waals surface area contributed by atoms with Crippen molar-refractivity contribution in [3.63, 3.8) is 0 Å². The van der Waals surface area contributed by atoms with Gasteiger partial charge in [0.25, 0.3) is 0 Å². The van der Waals surface area contributed by atoms with Crippen molar-refractivity contribution < 1.29 is 19.4 Å². The Morgan fingerprint density at radius 2 is 1.68 bits per heavy atom. The second kappa shape index (κ2) is 6.31. The van der Waals surface area contributed by atoms with Crippen LogP contribution >= 0.6 is 0 Å². The maximum Gasteiger partial charge on any atom is 0.230 e. The molecule has 2 aromatic rings. The lowest BCUT2D eigenvalue weighted by molar-refractivity contribution is -0.313. The minimum atomic E-state index is -1.21. The normalized spacial score (nSPS) is 32.7. The smallest absolute Gasteiger partial charge is 0.230 e. The number of carboxylic acids is 1. The molecule has 0 N–H and O–H groups in total. The van der Waals surface area contributed by atoms with Crippen molar-refractivity contribution in [3.05, 3.63) is 83.9 Å². The van der Waals surface area contributed by atoms with Crippen molar-refractivity contribution in [1.29, 1.82) is 0 Å². The van der Waals surface area contributed by atoms with E-state index >= 15 is 0 Å². The standard InChI is InChI=1S/C23H21NO4/c25-21-20-19(22(26)27)17-11-12-23(20,28-17)18(13-15-7-3-1-4-8-15)24(21)14-16-9-5-2-6-10-16/h1-12,17-20H,13-14H2,(H,26,27)/p-1/t17-,18+,19+,20+,23-/m1/s1. The van der Waals surface area contributed by atoms with Crippen LogP contribution in [-0.2, 0) is 27.3 Å². The van der Waals surface area contributed by atoms with E-state index in [9.17, 15) is 14.7 Å². The van der Waals surface area contributed by atoms with Crippen LogP contribution in [0, 0.1) is 11.8 Å². The Morgan fingerprint density at radius 1 is 1.04 bits per heavy atom. The number of nitrogens with zero attached hydrogens (tertiary/aromatic N) is 1. The van der Waals surface area contributed by atoms with E-state index in [-0.39, 0.29) is 11.9 Å². The number of fused-ring (bicyclic) bond motifs is 1. The molecule has 0 unspecified atom stereocenters. The van der Waals surface area contributed by atoms with Crippen molar-refractivity contribution in [2.75, 3.05) is 0 Å². The lowest BCUT2D eigenvalue weighted by Gasteiger charge is -2.33. The third-order valence-electron chi connectivity index (χ3n) is 6.27. The van der Waals surface area contributed by atoms with Crippen LogP contribution < -0.4 is 5.11 Å². The Kier molecular flexibility index (Phi) is 3.88. The largest absolute Gasteiger partial charge is 0.550 e. The molecule has 0 saturated carbocycles. The molecule has 2 bridgehead atoms. The zero-order chi connectivity index (χ0) is 19.3. The summed E-state index contributed by atoms with van der Waals surface area (Å²) in [6, 6.07) is 19.4. The number of rotatable bonds is 5. The van der Waals surface area contributed by atoms with E-state index in [1.807, 2.05) is 66.7 Å². The molecular formula is C23H20NO4-. The van der Waals surface area contributed by atoms with E-state index in [2.05, 4.69) is 0 Å². The number of ether oxygens (including phenoxy) is 1. The van der Waals surface area contributed by atoms with Gasteiger partial charge in [-0.25, -0.2) is 0 Å². The van der Waals surface area contributed by atoms with Crippen LogP contribution in [0.15, 0.2) is 72.8 Å². The number of amides is 1. The molecule has 2 aromatic carbocycles. The van der Waals surface area contributed by atoms with Gasteiger partial charge in [0.2, 0.25) is 5.91 Å². The lowest BCUT2D eigenvalue weighted by atomic mass is 9.74. The number of carbonyl (C=O) groups is 2. The molecule has 1 spiro atoms. The third kappa shape index (κ3) is 2.43. The number of hydrogen-bond acceptors (Lipinski definition) is 4. The van der Waals surface area contributed by atoms with Crippen LogP contribution in [0.4, 0.5) is 0 Å². The van der Waals surface area contributed by atoms with Crippen LogP contribution in [0.5, 0.6) is 0 Å². The zero-order valence-corrected chi connectivity index (χ0v) is 15.2. The molecule has 2 fully saturated rings. The van der Waals surface area contributed by atoms with Crippen molar-refractivity contribution >= 4 is 11.9 Å². The summed E-state index contributed by atoms with van der Waals surface area (Å²) in [5.74, 6) is -3.04. The molecule has 5 rings (SSSR count). The van der Waals surface area contributed by atoms with E-state index in [1.54, 1.807) is 11.0 Å². The van der Waals surface area contributed by atoms with E-state index in [0.717, 1.165) is 11.1 Å². The van der Waals surface area contributed by atoms with Crippen LogP contribution in [-0.4, -0.2) is 34.5 Å². The Hall–Kier alpha value is -2.92. The van der Waals surface area contributed by atoms with Crippen LogP contribution in [0.25, 0.3) is 0 Å². The maximum absolute atomic E-state index is 13.4. The first-order valence-electron chi connectivity index (χ1n) is 9.56. The third-order valence-corrected chi connectivity index (χ3v) is 6.27. The van der Waals surface area contributed by atoms with Crippen molar-refractivity contribution in [2.24, 2.45) is 11.8 Å². The number of carbonyl (C=O) groups excluding carboxylic acids is 2. The molecule has 5 atom stereocenters. The topological polar surface area (TPSA) is 69.7 Å². The molecule has 0 aliphatic carbocycles. The number of likely N-dealkylation sites (tertiary alicyclic amines) is 1.